The zero-order chi connectivity index (χ0) is 19.8. The van der Waals surface area contributed by atoms with Crippen LogP contribution in [-0.4, -0.2) is 24.2 Å². The van der Waals surface area contributed by atoms with Crippen LogP contribution in [0.5, 0.6) is 0 Å². The minimum Gasteiger partial charge on any atom is -0.444 e. The first-order valence-electron chi connectivity index (χ1n) is 6.98. The quantitative estimate of drug-likeness (QED) is 0.216. The summed E-state index contributed by atoms with van der Waals surface area (Å²) >= 11 is 6.35. The van der Waals surface area contributed by atoms with Gasteiger partial charge in [0.1, 0.15) is 0 Å². The van der Waals surface area contributed by atoms with Crippen LogP contribution in [-0.2, 0) is 9.53 Å². The van der Waals surface area contributed by atoms with Crippen LogP contribution in [0, 0.1) is 29.6 Å². The molecule has 0 aromatic rings. The van der Waals surface area contributed by atoms with Gasteiger partial charge in [0.15, 0.2) is 6.10 Å². The van der Waals surface area contributed by atoms with Crippen LogP contribution in [0.4, 0.5) is 22.0 Å². The number of ether oxygens (including phenoxy) is 1. The highest BCUT2D eigenvalue weighted by Gasteiger charge is 2.62. The van der Waals surface area contributed by atoms with Gasteiger partial charge < -0.3 is 4.74 Å². The minimum absolute atomic E-state index is 0.187. The summed E-state index contributed by atoms with van der Waals surface area (Å²) in [4.78, 5) is 12.2. The van der Waals surface area contributed by atoms with Crippen LogP contribution in [0.2, 0.25) is 0 Å². The van der Waals surface area contributed by atoms with Gasteiger partial charge >= 0.3 is 18.1 Å². The van der Waals surface area contributed by atoms with Gasteiger partial charge in [-0.15, -0.1) is 6.42 Å². The second-order valence-corrected chi connectivity index (χ2v) is 9.05. The van der Waals surface area contributed by atoms with Crippen LogP contribution in [0.25, 0.3) is 0 Å². The van der Waals surface area contributed by atoms with E-state index in [9.17, 15) is 26.7 Å². The summed E-state index contributed by atoms with van der Waals surface area (Å²) in [5.74, 6) is -4.66. The molecule has 0 N–H and O–H groups in total. The third-order valence-electron chi connectivity index (χ3n) is 4.06. The van der Waals surface area contributed by atoms with Gasteiger partial charge in [0.05, 0.1) is 9.31 Å². The maximum absolute atomic E-state index is 13.1. The molecule has 25 heavy (non-hydrogen) atoms. The van der Waals surface area contributed by atoms with E-state index >= 15 is 0 Å². The molecule has 3 atom stereocenters. The number of alkyl halides is 5. The lowest BCUT2D eigenvalue weighted by atomic mass is 10.1. The molecule has 0 heterocycles. The van der Waals surface area contributed by atoms with Crippen molar-refractivity contribution in [2.45, 2.75) is 39.0 Å². The Morgan fingerprint density at radius 3 is 2.20 bits per heavy atom. The maximum atomic E-state index is 13.1. The number of terminal acetylenes is 1. The normalized spacial score (nSPS) is 24.1. The van der Waals surface area contributed by atoms with E-state index in [0.717, 1.165) is 6.92 Å². The van der Waals surface area contributed by atoms with E-state index in [4.69, 9.17) is 11.2 Å². The molecule has 0 amide bonds. The van der Waals surface area contributed by atoms with Gasteiger partial charge in [0.2, 0.25) is 0 Å². The smallest absolute Gasteiger partial charge is 0.444 e. The Morgan fingerprint density at radius 1 is 1.28 bits per heavy atom. The number of carbonyl (C=O) groups is 1. The standard InChI is InChI=1S/C16H15Br2F5O2/c1-5-10(8(2)7-15(19,20)16(21,22)23)25-13(24)12-9(6-11(17)18)14(12,3)4/h1,6-7,9-10,12H,2-4H3/b8-7+. The molecule has 0 aromatic heterocycles. The molecule has 0 bridgehead atoms. The zero-order valence-electron chi connectivity index (χ0n) is 13.4. The number of hydrogen-bond donors (Lipinski definition) is 0. The molecule has 0 aromatic carbocycles. The van der Waals surface area contributed by atoms with Crippen molar-refractivity contribution < 1.29 is 31.5 Å². The Morgan fingerprint density at radius 2 is 1.80 bits per heavy atom. The summed E-state index contributed by atoms with van der Waals surface area (Å²) in [6, 6.07) is 0. The largest absolute Gasteiger partial charge is 0.457 e. The summed E-state index contributed by atoms with van der Waals surface area (Å²) in [5, 5.41) is 0. The van der Waals surface area contributed by atoms with Crippen molar-refractivity contribution in [3.63, 3.8) is 0 Å². The van der Waals surface area contributed by atoms with Gasteiger partial charge in [-0.2, -0.15) is 22.0 Å². The van der Waals surface area contributed by atoms with Crippen LogP contribution in [0.15, 0.2) is 21.1 Å². The maximum Gasteiger partial charge on any atom is 0.457 e. The molecule has 9 heteroatoms. The van der Waals surface area contributed by atoms with E-state index in [-0.39, 0.29) is 12.0 Å². The Labute approximate surface area is 159 Å². The van der Waals surface area contributed by atoms with Crippen molar-refractivity contribution in [3.05, 3.63) is 21.1 Å². The van der Waals surface area contributed by atoms with Crippen molar-refractivity contribution in [1.82, 2.24) is 0 Å². The monoisotopic (exact) mass is 492 g/mol. The molecule has 3 unspecified atom stereocenters. The van der Waals surface area contributed by atoms with E-state index in [1.807, 2.05) is 5.92 Å². The molecule has 0 spiro atoms. The summed E-state index contributed by atoms with van der Waals surface area (Å²) in [7, 11) is 0. The van der Waals surface area contributed by atoms with Gasteiger partial charge in [0, 0.05) is 0 Å². The molecule has 140 valence electrons. The number of esters is 1. The highest BCUT2D eigenvalue weighted by atomic mass is 79.9. The molecule has 0 aliphatic heterocycles. The minimum atomic E-state index is -5.76. The molecule has 0 saturated heterocycles. The van der Waals surface area contributed by atoms with E-state index < -0.39 is 41.1 Å². The average molecular weight is 494 g/mol. The number of carbonyl (C=O) groups excluding carboxylic acids is 1. The fraction of sp³-hybridized carbons (Fsp3) is 0.562. The van der Waals surface area contributed by atoms with Crippen LogP contribution < -0.4 is 0 Å². The van der Waals surface area contributed by atoms with Crippen LogP contribution >= 0.6 is 31.9 Å². The molecule has 1 aliphatic carbocycles. The van der Waals surface area contributed by atoms with E-state index in [2.05, 4.69) is 31.9 Å². The van der Waals surface area contributed by atoms with Crippen molar-refractivity contribution in [1.29, 1.82) is 0 Å². The van der Waals surface area contributed by atoms with E-state index in [0.29, 0.717) is 3.39 Å². The lowest BCUT2D eigenvalue weighted by Crippen LogP contribution is -2.35. The van der Waals surface area contributed by atoms with Crippen LogP contribution in [0.3, 0.4) is 0 Å². The fourth-order valence-electron chi connectivity index (χ4n) is 2.47. The number of halogens is 7. The number of allylic oxidation sites excluding steroid dienone is 2. The van der Waals surface area contributed by atoms with Gasteiger partial charge in [-0.25, -0.2) is 0 Å². The predicted octanol–water partition coefficient (Wildman–Crippen LogP) is 5.58. The number of rotatable bonds is 5. The Balaban J connectivity index is 2.92. The van der Waals surface area contributed by atoms with Gasteiger partial charge in [-0.05, 0) is 61.8 Å². The molecular formula is C16H15Br2F5O2. The molecule has 1 fully saturated rings. The number of hydrogen-bond acceptors (Lipinski definition) is 2. The Hall–Kier alpha value is -0.880. The van der Waals surface area contributed by atoms with Gasteiger partial charge in [0.25, 0.3) is 0 Å². The highest BCUT2D eigenvalue weighted by molar-refractivity contribution is 9.28. The summed E-state index contributed by atoms with van der Waals surface area (Å²) in [6.45, 7) is 4.56. The Kier molecular flexibility index (Phi) is 6.55. The average Bonchev–Trinajstić information content (AvgIpc) is 2.94. The lowest BCUT2D eigenvalue weighted by molar-refractivity contribution is -0.259. The first-order valence-corrected chi connectivity index (χ1v) is 8.57. The topological polar surface area (TPSA) is 26.3 Å². The molecule has 2 nitrogen and oxygen atoms in total. The van der Waals surface area contributed by atoms with E-state index in [1.165, 1.54) is 0 Å². The van der Waals surface area contributed by atoms with Crippen molar-refractivity contribution in [3.8, 4) is 12.3 Å². The third-order valence-corrected chi connectivity index (χ3v) is 4.58. The van der Waals surface area contributed by atoms with Crippen molar-refractivity contribution in [2.24, 2.45) is 17.3 Å². The third kappa shape index (κ3) is 5.07. The summed E-state index contributed by atoms with van der Waals surface area (Å²) in [6.07, 6.45) is -0.817. The second-order valence-electron chi connectivity index (χ2n) is 6.27. The Bertz CT molecular complexity index is 640. The van der Waals surface area contributed by atoms with E-state index in [1.54, 1.807) is 19.9 Å². The second kappa shape index (κ2) is 7.39. The van der Waals surface area contributed by atoms with Gasteiger partial charge in [-0.3, -0.25) is 4.79 Å². The van der Waals surface area contributed by atoms with Crippen LogP contribution in [0.1, 0.15) is 20.8 Å². The fourth-order valence-corrected chi connectivity index (χ4v) is 3.04. The van der Waals surface area contributed by atoms with Crippen molar-refractivity contribution in [2.75, 3.05) is 0 Å². The molecule has 1 rings (SSSR count). The highest BCUT2D eigenvalue weighted by Crippen LogP contribution is 2.60. The molecular weight excluding hydrogens is 479 g/mol. The predicted molar refractivity (Wildman–Crippen MR) is 90.2 cm³/mol. The summed E-state index contributed by atoms with van der Waals surface area (Å²) in [5.41, 5.74) is -1.01. The SMILES string of the molecule is C#CC(OC(=O)C1C(C=C(Br)Br)C1(C)C)/C(C)=C/C(F)(F)C(F)(F)F. The van der Waals surface area contributed by atoms with Crippen molar-refractivity contribution >= 4 is 37.8 Å². The van der Waals surface area contributed by atoms with Gasteiger partial charge in [-0.1, -0.05) is 25.8 Å². The summed E-state index contributed by atoms with van der Waals surface area (Å²) < 4.78 is 68.6. The lowest BCUT2D eigenvalue weighted by Gasteiger charge is -2.19. The first-order chi connectivity index (χ1) is 11.1. The first kappa shape index (κ1) is 22.2. The molecule has 0 radical (unpaired) electrons. The zero-order valence-corrected chi connectivity index (χ0v) is 16.6. The molecule has 1 saturated carbocycles. The molecule has 1 aliphatic rings.